The lowest BCUT2D eigenvalue weighted by molar-refractivity contribution is 0.0179. The Morgan fingerprint density at radius 1 is 0.317 bits per heavy atom. The third kappa shape index (κ3) is 18.6. The van der Waals surface area contributed by atoms with Gasteiger partial charge in [-0.05, 0) is 44.9 Å². The van der Waals surface area contributed by atoms with Crippen molar-refractivity contribution >= 4 is 17.6 Å². The van der Waals surface area contributed by atoms with E-state index in [0.717, 1.165) is 89.9 Å². The summed E-state index contributed by atoms with van der Waals surface area (Å²) in [7, 11) is -6.48. The van der Waals surface area contributed by atoms with Gasteiger partial charge in [-0.1, -0.05) is 126 Å². The summed E-state index contributed by atoms with van der Waals surface area (Å²) in [4.78, 5) is 0. The third-order valence-corrected chi connectivity index (χ3v) is 15.6. The molecule has 0 unspecified atom stereocenters. The van der Waals surface area contributed by atoms with Crippen LogP contribution in [0.15, 0.2) is 0 Å². The Balaban J connectivity index is 6.75. The van der Waals surface area contributed by atoms with Crippen molar-refractivity contribution in [1.82, 2.24) is 0 Å². The van der Waals surface area contributed by atoms with Gasteiger partial charge < -0.3 is 26.6 Å². The zero-order valence-electron chi connectivity index (χ0n) is 28.7. The van der Waals surface area contributed by atoms with Crippen LogP contribution in [0.5, 0.6) is 0 Å². The maximum atomic E-state index is 6.94. The molecular formula is C33H72O6Si2. The van der Waals surface area contributed by atoms with Crippen molar-refractivity contribution in [3.63, 3.8) is 0 Å². The van der Waals surface area contributed by atoms with Crippen LogP contribution in [-0.2, 0) is 26.6 Å². The summed E-state index contributed by atoms with van der Waals surface area (Å²) in [6.07, 6.45) is 20.7. The Morgan fingerprint density at radius 2 is 0.561 bits per heavy atom. The van der Waals surface area contributed by atoms with Crippen LogP contribution in [0.1, 0.15) is 170 Å². The van der Waals surface area contributed by atoms with Gasteiger partial charge in [-0.25, -0.2) is 0 Å². The van der Waals surface area contributed by atoms with Gasteiger partial charge in [0.25, 0.3) is 0 Å². The molecule has 0 heterocycles. The SMILES string of the molecule is CCCCCCCCC([Si](OCCCC)(OCCCC)OCCCC)[Si](OCCCC)(OCCCC)OCCCC. The molecule has 0 radical (unpaired) electrons. The average molecular weight is 621 g/mol. The van der Waals surface area contributed by atoms with Crippen LogP contribution >= 0.6 is 0 Å². The van der Waals surface area contributed by atoms with E-state index in [1.54, 1.807) is 0 Å². The molecule has 0 aliphatic carbocycles. The van der Waals surface area contributed by atoms with Crippen LogP contribution in [0.25, 0.3) is 0 Å². The van der Waals surface area contributed by atoms with E-state index in [1.165, 1.54) is 32.1 Å². The molecule has 0 bridgehead atoms. The maximum absolute atomic E-state index is 6.94. The zero-order valence-corrected chi connectivity index (χ0v) is 30.7. The van der Waals surface area contributed by atoms with Crippen LogP contribution in [0.2, 0.25) is 5.16 Å². The molecule has 0 aromatic rings. The van der Waals surface area contributed by atoms with Gasteiger partial charge in [0.15, 0.2) is 0 Å². The summed E-state index contributed by atoms with van der Waals surface area (Å²) >= 11 is 0. The van der Waals surface area contributed by atoms with Gasteiger partial charge in [-0.15, -0.1) is 0 Å². The fraction of sp³-hybridized carbons (Fsp3) is 1.00. The Morgan fingerprint density at radius 3 is 0.829 bits per heavy atom. The standard InChI is InChI=1S/C33H72O6Si2/c1-8-15-22-23-24-25-26-33(40(34-27-16-9-2,35-28-17-10-3)36-29-18-11-4)41(37-30-19-12-5,38-31-20-13-6)39-32-21-14-7/h33H,8-32H2,1-7H3. The first kappa shape index (κ1) is 41.2. The molecule has 41 heavy (non-hydrogen) atoms. The summed E-state index contributed by atoms with van der Waals surface area (Å²) in [6.45, 7) is 19.5. The van der Waals surface area contributed by atoms with Gasteiger partial charge in [0, 0.05) is 39.6 Å². The summed E-state index contributed by atoms with van der Waals surface area (Å²) < 4.78 is 41.6. The monoisotopic (exact) mass is 620 g/mol. The van der Waals surface area contributed by atoms with Gasteiger partial charge in [0.2, 0.25) is 0 Å². The second-order valence-electron chi connectivity index (χ2n) is 11.5. The summed E-state index contributed by atoms with van der Waals surface area (Å²) in [5.41, 5.74) is 0. The fourth-order valence-electron chi connectivity index (χ4n) is 4.70. The van der Waals surface area contributed by atoms with E-state index in [1.807, 2.05) is 0 Å². The molecule has 0 amide bonds. The fourth-order valence-corrected chi connectivity index (χ4v) is 13.3. The molecule has 0 aliphatic rings. The predicted molar refractivity (Wildman–Crippen MR) is 178 cm³/mol. The lowest BCUT2D eigenvalue weighted by Crippen LogP contribution is -2.64. The van der Waals surface area contributed by atoms with E-state index < -0.39 is 17.6 Å². The Hall–Kier alpha value is 0.194. The quantitative estimate of drug-likeness (QED) is 0.0537. The van der Waals surface area contributed by atoms with Gasteiger partial charge in [0.1, 0.15) is 0 Å². The molecule has 6 nitrogen and oxygen atoms in total. The highest BCUT2D eigenvalue weighted by molar-refractivity contribution is 6.82. The average Bonchev–Trinajstić information content (AvgIpc) is 2.97. The van der Waals surface area contributed by atoms with Crippen molar-refractivity contribution in [3.05, 3.63) is 0 Å². The lowest BCUT2D eigenvalue weighted by Gasteiger charge is -2.43. The highest BCUT2D eigenvalue weighted by atomic mass is 28.5. The normalized spacial score (nSPS) is 12.6. The molecule has 0 aliphatic heterocycles. The summed E-state index contributed by atoms with van der Waals surface area (Å²) in [5, 5.41) is -0.0997. The van der Waals surface area contributed by atoms with Crippen LogP contribution < -0.4 is 0 Å². The van der Waals surface area contributed by atoms with Crippen LogP contribution in [-0.4, -0.2) is 57.3 Å². The Kier molecular flexibility index (Phi) is 29.1. The molecule has 8 heteroatoms. The second kappa shape index (κ2) is 28.9. The predicted octanol–water partition coefficient (Wildman–Crippen LogP) is 10.4. The molecule has 0 aromatic heterocycles. The van der Waals surface area contributed by atoms with Crippen LogP contribution in [0.4, 0.5) is 0 Å². The zero-order chi connectivity index (χ0) is 30.5. The minimum atomic E-state index is -3.24. The molecule has 0 saturated heterocycles. The van der Waals surface area contributed by atoms with E-state index in [2.05, 4.69) is 48.5 Å². The van der Waals surface area contributed by atoms with E-state index in [-0.39, 0.29) is 5.16 Å². The van der Waals surface area contributed by atoms with Gasteiger partial charge in [-0.2, -0.15) is 0 Å². The van der Waals surface area contributed by atoms with E-state index >= 15 is 0 Å². The Labute approximate surface area is 259 Å². The molecule has 0 saturated carbocycles. The topological polar surface area (TPSA) is 55.4 Å². The number of hydrogen-bond acceptors (Lipinski definition) is 6. The molecule has 0 atom stereocenters. The largest absolute Gasteiger partial charge is 0.508 e. The minimum absolute atomic E-state index is 0.0997. The van der Waals surface area contributed by atoms with Crippen molar-refractivity contribution in [2.75, 3.05) is 39.6 Å². The highest BCUT2D eigenvalue weighted by Crippen LogP contribution is 2.42. The molecule has 0 N–H and O–H groups in total. The lowest BCUT2D eigenvalue weighted by atomic mass is 10.1. The smallest absolute Gasteiger partial charge is 0.373 e. The van der Waals surface area contributed by atoms with Gasteiger partial charge >= 0.3 is 17.6 Å². The molecule has 0 rings (SSSR count). The van der Waals surface area contributed by atoms with Crippen molar-refractivity contribution in [3.8, 4) is 0 Å². The second-order valence-corrected chi connectivity index (χ2v) is 17.6. The van der Waals surface area contributed by atoms with Crippen molar-refractivity contribution in [1.29, 1.82) is 0 Å². The number of hydrogen-bond donors (Lipinski definition) is 0. The maximum Gasteiger partial charge on any atom is 0.508 e. The van der Waals surface area contributed by atoms with Crippen molar-refractivity contribution in [2.24, 2.45) is 0 Å². The molecule has 248 valence electrons. The van der Waals surface area contributed by atoms with Crippen LogP contribution in [0, 0.1) is 0 Å². The third-order valence-electron chi connectivity index (χ3n) is 7.51. The molecule has 0 spiro atoms. The Bertz CT molecular complexity index is 449. The minimum Gasteiger partial charge on any atom is -0.373 e. The first-order chi connectivity index (χ1) is 20.1. The van der Waals surface area contributed by atoms with Crippen LogP contribution in [0.3, 0.4) is 0 Å². The molecule has 0 fully saturated rings. The van der Waals surface area contributed by atoms with E-state index in [0.29, 0.717) is 39.6 Å². The summed E-state index contributed by atoms with van der Waals surface area (Å²) in [5.74, 6) is 0. The summed E-state index contributed by atoms with van der Waals surface area (Å²) in [6, 6.07) is 0. The van der Waals surface area contributed by atoms with Crippen molar-refractivity contribution in [2.45, 2.75) is 176 Å². The number of rotatable bonds is 33. The van der Waals surface area contributed by atoms with E-state index in [4.69, 9.17) is 26.6 Å². The first-order valence-corrected chi connectivity index (χ1v) is 21.5. The number of unbranched alkanes of at least 4 members (excludes halogenated alkanes) is 11. The van der Waals surface area contributed by atoms with Gasteiger partial charge in [0.05, 0.1) is 5.16 Å². The van der Waals surface area contributed by atoms with Gasteiger partial charge in [-0.3, -0.25) is 0 Å². The molecular weight excluding hydrogens is 549 g/mol. The highest BCUT2D eigenvalue weighted by Gasteiger charge is 2.65. The van der Waals surface area contributed by atoms with Crippen molar-refractivity contribution < 1.29 is 26.6 Å². The molecule has 0 aromatic carbocycles. The van der Waals surface area contributed by atoms with E-state index in [9.17, 15) is 0 Å². The first-order valence-electron chi connectivity index (χ1n) is 17.9.